The molecule has 1 aliphatic rings. The molecule has 2 unspecified atom stereocenters. The van der Waals surface area contributed by atoms with Gasteiger partial charge < -0.3 is 10.6 Å². The number of nitrogens with zero attached hydrogens (tertiary/aromatic N) is 2. The van der Waals surface area contributed by atoms with Crippen LogP contribution in [0, 0.1) is 5.92 Å². The first kappa shape index (κ1) is 24.9. The summed E-state index contributed by atoms with van der Waals surface area (Å²) in [5.74, 6) is 0.170. The van der Waals surface area contributed by atoms with Crippen molar-refractivity contribution < 1.29 is 13.2 Å². The van der Waals surface area contributed by atoms with Gasteiger partial charge in [-0.05, 0) is 50.3 Å². The maximum absolute atomic E-state index is 13.0. The van der Waals surface area contributed by atoms with Crippen LogP contribution in [0.2, 0.25) is 0 Å². The third-order valence-corrected chi connectivity index (χ3v) is 7.44. The minimum absolute atomic E-state index is 0. The van der Waals surface area contributed by atoms with Crippen LogP contribution in [0.3, 0.4) is 0 Å². The Balaban J connectivity index is 0.00000392. The Bertz CT molecular complexity index is 755. The zero-order valence-electron chi connectivity index (χ0n) is 17.3. The van der Waals surface area contributed by atoms with E-state index in [9.17, 15) is 13.2 Å². The zero-order chi connectivity index (χ0) is 20.2. The largest absolute Gasteiger partial charge is 0.342 e. The van der Waals surface area contributed by atoms with Gasteiger partial charge >= 0.3 is 0 Å². The van der Waals surface area contributed by atoms with Gasteiger partial charge in [-0.2, -0.15) is 4.31 Å². The highest BCUT2D eigenvalue weighted by molar-refractivity contribution is 7.89. The van der Waals surface area contributed by atoms with Gasteiger partial charge in [0, 0.05) is 37.8 Å². The van der Waals surface area contributed by atoms with E-state index in [1.807, 2.05) is 6.92 Å². The number of nitrogens with two attached hydrogens (primary N) is 1. The fourth-order valence-electron chi connectivity index (χ4n) is 3.35. The van der Waals surface area contributed by atoms with Crippen LogP contribution in [0.1, 0.15) is 56.8 Å². The lowest BCUT2D eigenvalue weighted by atomic mass is 10.0. The number of halogens is 1. The van der Waals surface area contributed by atoms with Gasteiger partial charge in [0.05, 0.1) is 4.90 Å². The van der Waals surface area contributed by atoms with Crippen LogP contribution in [-0.4, -0.2) is 55.8 Å². The average molecular weight is 432 g/mol. The second kappa shape index (κ2) is 10.6. The van der Waals surface area contributed by atoms with Gasteiger partial charge in [0.15, 0.2) is 0 Å². The molecule has 1 heterocycles. The third-order valence-electron chi connectivity index (χ3n) is 5.43. The highest BCUT2D eigenvalue weighted by Gasteiger charge is 2.31. The van der Waals surface area contributed by atoms with Crippen LogP contribution in [0.25, 0.3) is 0 Å². The highest BCUT2D eigenvalue weighted by atomic mass is 35.5. The molecule has 0 radical (unpaired) electrons. The summed E-state index contributed by atoms with van der Waals surface area (Å²) < 4.78 is 27.6. The first-order chi connectivity index (χ1) is 12.6. The number of piperidine rings is 1. The molecule has 28 heavy (non-hydrogen) atoms. The van der Waals surface area contributed by atoms with Crippen molar-refractivity contribution in [3.63, 3.8) is 0 Å². The summed E-state index contributed by atoms with van der Waals surface area (Å²) in [6.07, 6.45) is 3.51. The van der Waals surface area contributed by atoms with Gasteiger partial charge in [0.25, 0.3) is 5.91 Å². The third kappa shape index (κ3) is 5.92. The summed E-state index contributed by atoms with van der Waals surface area (Å²) in [6, 6.07) is 6.40. The molecule has 0 aliphatic carbocycles. The van der Waals surface area contributed by atoms with E-state index in [4.69, 9.17) is 5.73 Å². The summed E-state index contributed by atoms with van der Waals surface area (Å²) in [5.41, 5.74) is 6.45. The number of hydrogen-bond donors (Lipinski definition) is 1. The van der Waals surface area contributed by atoms with E-state index in [1.165, 1.54) is 6.07 Å². The van der Waals surface area contributed by atoms with Crippen molar-refractivity contribution in [2.75, 3.05) is 20.1 Å². The Morgan fingerprint density at radius 3 is 2.61 bits per heavy atom. The molecule has 0 saturated carbocycles. The van der Waals surface area contributed by atoms with Crippen LogP contribution in [-0.2, 0) is 10.0 Å². The Hall–Kier alpha value is -1.15. The maximum Gasteiger partial charge on any atom is 0.253 e. The molecular weight excluding hydrogens is 398 g/mol. The van der Waals surface area contributed by atoms with Crippen LogP contribution in [0.5, 0.6) is 0 Å². The van der Waals surface area contributed by atoms with Gasteiger partial charge in [-0.3, -0.25) is 4.79 Å². The van der Waals surface area contributed by atoms with Gasteiger partial charge in [-0.25, -0.2) is 8.42 Å². The van der Waals surface area contributed by atoms with E-state index < -0.39 is 10.0 Å². The molecule has 1 aromatic carbocycles. The van der Waals surface area contributed by atoms with E-state index in [2.05, 4.69) is 13.8 Å². The van der Waals surface area contributed by atoms with E-state index in [0.29, 0.717) is 31.0 Å². The molecule has 2 rings (SSSR count). The number of sulfonamides is 1. The minimum atomic E-state index is -3.59. The maximum atomic E-state index is 13.0. The molecule has 6 nitrogen and oxygen atoms in total. The Morgan fingerprint density at radius 1 is 1.32 bits per heavy atom. The Morgan fingerprint density at radius 2 is 2.00 bits per heavy atom. The van der Waals surface area contributed by atoms with Crippen molar-refractivity contribution >= 4 is 28.3 Å². The van der Waals surface area contributed by atoms with Crippen molar-refractivity contribution in [3.05, 3.63) is 29.8 Å². The summed E-state index contributed by atoms with van der Waals surface area (Å²) in [6.45, 7) is 7.13. The van der Waals surface area contributed by atoms with Crippen LogP contribution >= 0.6 is 12.4 Å². The molecule has 1 aromatic rings. The standard InChI is InChI=1S/C20H33N3O3S.ClH/c1-15(2)19(21)11-13-22(4)20(24)17-9-7-10-18(14-17)27(25,26)23-12-6-5-8-16(23)3;/h7,9-10,14-16,19H,5-6,8,11-13,21H2,1-4H3;1H. The van der Waals surface area contributed by atoms with Crippen molar-refractivity contribution in [1.29, 1.82) is 0 Å². The second-order valence-electron chi connectivity index (χ2n) is 7.91. The smallest absolute Gasteiger partial charge is 0.253 e. The minimum Gasteiger partial charge on any atom is -0.342 e. The van der Waals surface area contributed by atoms with Crippen LogP contribution in [0.15, 0.2) is 29.2 Å². The second-order valence-corrected chi connectivity index (χ2v) is 9.80. The molecule has 1 saturated heterocycles. The van der Waals surface area contributed by atoms with Crippen LogP contribution < -0.4 is 5.73 Å². The van der Waals surface area contributed by atoms with E-state index >= 15 is 0 Å². The number of amides is 1. The average Bonchev–Trinajstić information content (AvgIpc) is 2.65. The molecule has 2 N–H and O–H groups in total. The first-order valence-corrected chi connectivity index (χ1v) is 11.2. The topological polar surface area (TPSA) is 83.7 Å². The zero-order valence-corrected chi connectivity index (χ0v) is 18.9. The molecule has 2 atom stereocenters. The molecule has 1 aliphatic heterocycles. The lowest BCUT2D eigenvalue weighted by molar-refractivity contribution is 0.0789. The first-order valence-electron chi connectivity index (χ1n) is 9.77. The summed E-state index contributed by atoms with van der Waals surface area (Å²) in [4.78, 5) is 14.5. The van der Waals surface area contributed by atoms with E-state index in [0.717, 1.165) is 19.3 Å². The molecule has 1 fully saturated rings. The predicted molar refractivity (Wildman–Crippen MR) is 115 cm³/mol. The molecular formula is C20H34ClN3O3S. The normalized spacial score (nSPS) is 19.1. The lowest BCUT2D eigenvalue weighted by Gasteiger charge is -2.32. The predicted octanol–water partition coefficient (Wildman–Crippen LogP) is 3.12. The summed E-state index contributed by atoms with van der Waals surface area (Å²) in [7, 11) is -1.86. The molecule has 0 spiro atoms. The number of rotatable bonds is 7. The van der Waals surface area contributed by atoms with Gasteiger partial charge in [0.2, 0.25) is 10.0 Å². The fraction of sp³-hybridized carbons (Fsp3) is 0.650. The number of hydrogen-bond acceptors (Lipinski definition) is 4. The van der Waals surface area contributed by atoms with Crippen molar-refractivity contribution in [2.45, 2.75) is 63.4 Å². The summed E-state index contributed by atoms with van der Waals surface area (Å²) >= 11 is 0. The number of carbonyl (C=O) groups excluding carboxylic acids is 1. The molecule has 0 aromatic heterocycles. The van der Waals surface area contributed by atoms with Gasteiger partial charge in [-0.1, -0.05) is 26.3 Å². The van der Waals surface area contributed by atoms with Gasteiger partial charge in [-0.15, -0.1) is 12.4 Å². The van der Waals surface area contributed by atoms with Crippen molar-refractivity contribution in [1.82, 2.24) is 9.21 Å². The number of benzene rings is 1. The van der Waals surface area contributed by atoms with E-state index in [1.54, 1.807) is 34.5 Å². The molecule has 8 heteroatoms. The fourth-order valence-corrected chi connectivity index (χ4v) is 5.10. The Labute approximate surface area is 175 Å². The monoisotopic (exact) mass is 431 g/mol. The molecule has 1 amide bonds. The highest BCUT2D eigenvalue weighted by Crippen LogP contribution is 2.25. The quantitative estimate of drug-likeness (QED) is 0.718. The SMILES string of the molecule is CC(C)C(N)CCN(C)C(=O)c1cccc(S(=O)(=O)N2CCCCC2C)c1.Cl. The van der Waals surface area contributed by atoms with Gasteiger partial charge in [0.1, 0.15) is 0 Å². The van der Waals surface area contributed by atoms with Crippen LogP contribution in [0.4, 0.5) is 0 Å². The number of carbonyl (C=O) groups is 1. The van der Waals surface area contributed by atoms with E-state index in [-0.39, 0.29) is 35.3 Å². The Kier molecular flexibility index (Phi) is 9.40. The lowest BCUT2D eigenvalue weighted by Crippen LogP contribution is -2.42. The molecule has 160 valence electrons. The van der Waals surface area contributed by atoms with Crippen molar-refractivity contribution in [2.24, 2.45) is 11.7 Å². The summed E-state index contributed by atoms with van der Waals surface area (Å²) in [5, 5.41) is 0. The van der Waals surface area contributed by atoms with Crippen molar-refractivity contribution in [3.8, 4) is 0 Å². The molecule has 0 bridgehead atoms.